The summed E-state index contributed by atoms with van der Waals surface area (Å²) in [6, 6.07) is 7.43. The van der Waals surface area contributed by atoms with Gasteiger partial charge in [-0.05, 0) is 31.4 Å². The van der Waals surface area contributed by atoms with Crippen molar-refractivity contribution in [1.82, 2.24) is 20.3 Å². The smallest absolute Gasteiger partial charge is 0.251 e. The van der Waals surface area contributed by atoms with E-state index >= 15 is 0 Å². The first-order valence-corrected chi connectivity index (χ1v) is 11.2. The molecule has 5 rings (SSSR count). The van der Waals surface area contributed by atoms with E-state index in [0.29, 0.717) is 18.8 Å². The summed E-state index contributed by atoms with van der Waals surface area (Å²) in [5.74, 6) is 0.646. The number of aromatic nitrogens is 3. The van der Waals surface area contributed by atoms with E-state index in [-0.39, 0.29) is 30.2 Å². The van der Waals surface area contributed by atoms with Crippen LogP contribution in [0.25, 0.3) is 0 Å². The van der Waals surface area contributed by atoms with Gasteiger partial charge in [-0.3, -0.25) is 4.79 Å². The first kappa shape index (κ1) is 19.7. The summed E-state index contributed by atoms with van der Waals surface area (Å²) < 4.78 is 14.0. The average Bonchev–Trinajstić information content (AvgIpc) is 3.47. The number of ether oxygens (including phenoxy) is 2. The molecule has 1 saturated carbocycles. The molecule has 7 heteroatoms. The molecule has 0 radical (unpaired) electrons. The molecule has 2 aromatic rings. The summed E-state index contributed by atoms with van der Waals surface area (Å²) in [6.45, 7) is 2.99. The molecule has 1 N–H and O–H groups in total. The van der Waals surface area contributed by atoms with E-state index in [4.69, 9.17) is 9.47 Å². The number of hydrogen-bond acceptors (Lipinski definition) is 5. The molecule has 0 bridgehead atoms. The molecule has 2 saturated heterocycles. The van der Waals surface area contributed by atoms with Gasteiger partial charge in [0.25, 0.3) is 5.91 Å². The third-order valence-electron chi connectivity index (χ3n) is 6.78. The molecular formula is C23H30N4O3. The lowest BCUT2D eigenvalue weighted by atomic mass is 9.86. The Morgan fingerprint density at radius 1 is 1.10 bits per heavy atom. The zero-order chi connectivity index (χ0) is 20.5. The van der Waals surface area contributed by atoms with Gasteiger partial charge in [0.15, 0.2) is 0 Å². The van der Waals surface area contributed by atoms with E-state index in [2.05, 4.69) is 21.8 Å². The van der Waals surface area contributed by atoms with Crippen LogP contribution in [0.15, 0.2) is 30.5 Å². The molecule has 7 nitrogen and oxygen atoms in total. The number of fused-ring (bicyclic) bond motifs is 1. The Hall–Kier alpha value is -2.25. The minimum Gasteiger partial charge on any atom is -0.371 e. The third-order valence-corrected chi connectivity index (χ3v) is 6.78. The van der Waals surface area contributed by atoms with Gasteiger partial charge in [0.05, 0.1) is 24.9 Å². The van der Waals surface area contributed by atoms with Crippen molar-refractivity contribution in [2.24, 2.45) is 5.92 Å². The topological polar surface area (TPSA) is 78.3 Å². The number of aryl methyl sites for hydroxylation is 1. The van der Waals surface area contributed by atoms with E-state index in [1.807, 2.05) is 35.9 Å². The molecule has 0 unspecified atom stereocenters. The molecule has 3 aliphatic rings. The van der Waals surface area contributed by atoms with Crippen molar-refractivity contribution >= 4 is 5.91 Å². The van der Waals surface area contributed by atoms with Gasteiger partial charge < -0.3 is 14.8 Å². The number of carbonyl (C=O) groups excluding carboxylic acids is 1. The predicted octanol–water partition coefficient (Wildman–Crippen LogP) is 2.85. The Balaban J connectivity index is 1.20. The zero-order valence-corrected chi connectivity index (χ0v) is 17.5. The van der Waals surface area contributed by atoms with E-state index in [9.17, 15) is 4.79 Å². The highest BCUT2D eigenvalue weighted by atomic mass is 16.6. The second-order valence-electron chi connectivity index (χ2n) is 9.01. The largest absolute Gasteiger partial charge is 0.371 e. The number of rotatable bonds is 5. The number of nitrogens with one attached hydrogen (secondary N) is 1. The van der Waals surface area contributed by atoms with Gasteiger partial charge in [-0.15, -0.1) is 5.10 Å². The lowest BCUT2D eigenvalue weighted by Crippen LogP contribution is -2.44. The van der Waals surface area contributed by atoms with E-state index in [0.717, 1.165) is 23.6 Å². The zero-order valence-electron chi connectivity index (χ0n) is 17.5. The monoisotopic (exact) mass is 410 g/mol. The Bertz CT molecular complexity index is 875. The fraction of sp³-hybridized carbons (Fsp3) is 0.609. The maximum Gasteiger partial charge on any atom is 0.251 e. The average molecular weight is 411 g/mol. The van der Waals surface area contributed by atoms with Crippen LogP contribution in [-0.2, 0) is 15.9 Å². The van der Waals surface area contributed by atoms with Gasteiger partial charge in [-0.2, -0.15) is 0 Å². The van der Waals surface area contributed by atoms with Crippen molar-refractivity contribution < 1.29 is 14.3 Å². The summed E-state index contributed by atoms with van der Waals surface area (Å²) in [7, 11) is 0. The molecule has 160 valence electrons. The highest BCUT2D eigenvalue weighted by Crippen LogP contribution is 2.34. The van der Waals surface area contributed by atoms with E-state index in [1.54, 1.807) is 0 Å². The highest BCUT2D eigenvalue weighted by Gasteiger charge is 2.49. The summed E-state index contributed by atoms with van der Waals surface area (Å²) in [6.07, 6.45) is 9.44. The van der Waals surface area contributed by atoms with E-state index in [1.165, 1.54) is 32.1 Å². The number of hydrogen-bond donors (Lipinski definition) is 1. The normalized spacial score (nSPS) is 29.1. The van der Waals surface area contributed by atoms with Crippen LogP contribution in [-0.4, -0.2) is 52.4 Å². The second kappa shape index (κ2) is 8.47. The summed E-state index contributed by atoms with van der Waals surface area (Å²) in [4.78, 5) is 12.6. The number of amides is 1. The lowest BCUT2D eigenvalue weighted by Gasteiger charge is -2.20. The fourth-order valence-corrected chi connectivity index (χ4v) is 5.04. The van der Waals surface area contributed by atoms with Gasteiger partial charge in [0.2, 0.25) is 0 Å². The Morgan fingerprint density at radius 2 is 1.87 bits per heavy atom. The van der Waals surface area contributed by atoms with Crippen LogP contribution >= 0.6 is 0 Å². The predicted molar refractivity (Wildman–Crippen MR) is 111 cm³/mol. The number of carbonyl (C=O) groups is 1. The van der Waals surface area contributed by atoms with Crippen LogP contribution in [0.2, 0.25) is 0 Å². The van der Waals surface area contributed by atoms with Crippen LogP contribution in [0.4, 0.5) is 0 Å². The van der Waals surface area contributed by atoms with Gasteiger partial charge in [0, 0.05) is 11.8 Å². The molecule has 3 fully saturated rings. The molecule has 3 heterocycles. The maximum atomic E-state index is 12.6. The van der Waals surface area contributed by atoms with Gasteiger partial charge in [-0.1, -0.05) is 55.0 Å². The summed E-state index contributed by atoms with van der Waals surface area (Å²) in [5, 5.41) is 11.9. The molecule has 1 aliphatic carbocycles. The van der Waals surface area contributed by atoms with Crippen molar-refractivity contribution in [2.75, 3.05) is 13.2 Å². The van der Waals surface area contributed by atoms with Crippen molar-refractivity contribution in [1.29, 1.82) is 0 Å². The van der Waals surface area contributed by atoms with Crippen LogP contribution in [0, 0.1) is 12.8 Å². The fourth-order valence-electron chi connectivity index (χ4n) is 5.04. The van der Waals surface area contributed by atoms with Crippen molar-refractivity contribution in [3.63, 3.8) is 0 Å². The standard InChI is InChI=1S/C23H30N4O3/c1-15-7-9-17(10-8-15)23(28)24-19-13-29-22-20(14-30-21(19)22)27-12-18(25-26-27)11-16-5-3-2-4-6-16/h7-10,12,16,19-22H,2-6,11,13-14H2,1H3,(H,24,28)/t19-,20-,21+,22+/m0/s1. The molecule has 1 aromatic carbocycles. The molecule has 2 aliphatic heterocycles. The molecule has 1 aromatic heterocycles. The number of nitrogens with zero attached hydrogens (tertiary/aromatic N) is 3. The molecule has 1 amide bonds. The Labute approximate surface area is 177 Å². The molecular weight excluding hydrogens is 380 g/mol. The third kappa shape index (κ3) is 4.01. The lowest BCUT2D eigenvalue weighted by molar-refractivity contribution is 0.0613. The SMILES string of the molecule is Cc1ccc(C(=O)N[C@H]2CO[C@H]3[C@@H]2OC[C@@H]3n2cc(CC3CCCCC3)nn2)cc1. The minimum atomic E-state index is -0.157. The van der Waals surface area contributed by atoms with Gasteiger partial charge in [0.1, 0.15) is 18.2 Å². The maximum absolute atomic E-state index is 12.6. The van der Waals surface area contributed by atoms with Crippen LogP contribution in [0.3, 0.4) is 0 Å². The molecule has 4 atom stereocenters. The first-order chi connectivity index (χ1) is 14.7. The first-order valence-electron chi connectivity index (χ1n) is 11.2. The molecule has 30 heavy (non-hydrogen) atoms. The van der Waals surface area contributed by atoms with Crippen LogP contribution in [0.5, 0.6) is 0 Å². The Morgan fingerprint density at radius 3 is 2.67 bits per heavy atom. The summed E-state index contributed by atoms with van der Waals surface area (Å²) in [5.41, 5.74) is 2.85. The number of benzene rings is 1. The van der Waals surface area contributed by atoms with Crippen molar-refractivity contribution in [2.45, 2.75) is 69.7 Å². The minimum absolute atomic E-state index is 0.00360. The second-order valence-corrected chi connectivity index (χ2v) is 9.01. The summed E-state index contributed by atoms with van der Waals surface area (Å²) >= 11 is 0. The Kier molecular flexibility index (Phi) is 5.56. The van der Waals surface area contributed by atoms with Crippen LogP contribution < -0.4 is 5.32 Å². The molecule has 0 spiro atoms. The van der Waals surface area contributed by atoms with Gasteiger partial charge in [-0.25, -0.2) is 4.68 Å². The highest BCUT2D eigenvalue weighted by molar-refractivity contribution is 5.94. The van der Waals surface area contributed by atoms with Crippen LogP contribution in [0.1, 0.15) is 59.8 Å². The van der Waals surface area contributed by atoms with Crippen molar-refractivity contribution in [3.05, 3.63) is 47.3 Å². The quantitative estimate of drug-likeness (QED) is 0.820. The van der Waals surface area contributed by atoms with Gasteiger partial charge >= 0.3 is 0 Å². The van der Waals surface area contributed by atoms with Crippen molar-refractivity contribution in [3.8, 4) is 0 Å². The van der Waals surface area contributed by atoms with E-state index < -0.39 is 0 Å².